The second kappa shape index (κ2) is 4.30. The average molecular weight is 289 g/mol. The van der Waals surface area contributed by atoms with Crippen molar-refractivity contribution in [1.29, 1.82) is 0 Å². The SMILES string of the molecule is CC1c2ccccc2[C@@]2(c3cccc(Cl)c3)OO[C@@H]1O2. The van der Waals surface area contributed by atoms with Crippen LogP contribution in [0.5, 0.6) is 0 Å². The second-order valence-electron chi connectivity index (χ2n) is 5.17. The Kier molecular flexibility index (Phi) is 2.66. The van der Waals surface area contributed by atoms with Gasteiger partial charge in [-0.25, -0.2) is 0 Å². The van der Waals surface area contributed by atoms with Gasteiger partial charge in [0.2, 0.25) is 6.29 Å². The highest BCUT2D eigenvalue weighted by Gasteiger charge is 2.54. The quantitative estimate of drug-likeness (QED) is 0.743. The molecule has 3 atom stereocenters. The molecule has 20 heavy (non-hydrogen) atoms. The lowest BCUT2D eigenvalue weighted by Gasteiger charge is -2.34. The summed E-state index contributed by atoms with van der Waals surface area (Å²) in [6.07, 6.45) is -0.399. The number of hydrogen-bond acceptors (Lipinski definition) is 3. The number of ether oxygens (including phenoxy) is 1. The number of hydrogen-bond donors (Lipinski definition) is 0. The highest BCUT2D eigenvalue weighted by atomic mass is 35.5. The number of fused-ring (bicyclic) bond motifs is 4. The minimum atomic E-state index is -1.02. The summed E-state index contributed by atoms with van der Waals surface area (Å²) in [5.74, 6) is -0.889. The van der Waals surface area contributed by atoms with Crippen LogP contribution < -0.4 is 0 Å². The summed E-state index contributed by atoms with van der Waals surface area (Å²) in [4.78, 5) is 11.0. The van der Waals surface area contributed by atoms with E-state index in [1.54, 1.807) is 0 Å². The van der Waals surface area contributed by atoms with Crippen molar-refractivity contribution in [2.45, 2.75) is 24.9 Å². The van der Waals surface area contributed by atoms with Crippen molar-refractivity contribution in [2.24, 2.45) is 0 Å². The zero-order chi connectivity index (χ0) is 13.7. The van der Waals surface area contributed by atoms with Crippen molar-refractivity contribution in [2.75, 3.05) is 0 Å². The van der Waals surface area contributed by atoms with Crippen LogP contribution in [-0.4, -0.2) is 6.29 Å². The third-order valence-electron chi connectivity index (χ3n) is 3.96. The molecule has 2 aliphatic rings. The van der Waals surface area contributed by atoms with Crippen LogP contribution in [0.15, 0.2) is 48.5 Å². The first kappa shape index (κ1) is 12.4. The molecule has 0 saturated carbocycles. The molecule has 0 aromatic heterocycles. The highest BCUT2D eigenvalue weighted by Crippen LogP contribution is 2.51. The van der Waals surface area contributed by atoms with E-state index in [9.17, 15) is 0 Å². The zero-order valence-corrected chi connectivity index (χ0v) is 11.6. The lowest BCUT2D eigenvalue weighted by Crippen LogP contribution is -2.36. The maximum absolute atomic E-state index is 6.10. The van der Waals surface area contributed by atoms with Gasteiger partial charge in [0, 0.05) is 22.1 Å². The summed E-state index contributed by atoms with van der Waals surface area (Å²) in [7, 11) is 0. The molecule has 1 fully saturated rings. The highest BCUT2D eigenvalue weighted by molar-refractivity contribution is 6.30. The van der Waals surface area contributed by atoms with E-state index in [4.69, 9.17) is 26.1 Å². The molecule has 0 spiro atoms. The first-order valence-electron chi connectivity index (χ1n) is 6.58. The molecule has 4 heteroatoms. The van der Waals surface area contributed by atoms with Gasteiger partial charge in [0.25, 0.3) is 5.79 Å². The van der Waals surface area contributed by atoms with Crippen molar-refractivity contribution in [1.82, 2.24) is 0 Å². The maximum Gasteiger partial charge on any atom is 0.256 e. The van der Waals surface area contributed by atoms with Crippen LogP contribution in [0.3, 0.4) is 0 Å². The Morgan fingerprint density at radius 3 is 2.80 bits per heavy atom. The molecule has 0 amide bonds. The summed E-state index contributed by atoms with van der Waals surface area (Å²) in [5.41, 5.74) is 3.00. The molecule has 2 bridgehead atoms. The monoisotopic (exact) mass is 288 g/mol. The van der Waals surface area contributed by atoms with Gasteiger partial charge >= 0.3 is 0 Å². The topological polar surface area (TPSA) is 27.7 Å². The molecule has 2 aromatic rings. The Balaban J connectivity index is 1.96. The molecule has 1 saturated heterocycles. The van der Waals surface area contributed by atoms with Crippen molar-refractivity contribution in [3.05, 3.63) is 70.2 Å². The Morgan fingerprint density at radius 2 is 1.95 bits per heavy atom. The molecule has 2 aromatic carbocycles. The fourth-order valence-corrected chi connectivity index (χ4v) is 3.11. The van der Waals surface area contributed by atoms with E-state index >= 15 is 0 Å². The Bertz CT molecular complexity index is 672. The first-order valence-corrected chi connectivity index (χ1v) is 6.96. The first-order chi connectivity index (χ1) is 9.71. The van der Waals surface area contributed by atoms with Gasteiger partial charge in [-0.05, 0) is 17.7 Å². The van der Waals surface area contributed by atoms with Gasteiger partial charge in [-0.2, -0.15) is 9.78 Å². The Morgan fingerprint density at radius 1 is 1.10 bits per heavy atom. The van der Waals surface area contributed by atoms with Crippen molar-refractivity contribution < 1.29 is 14.5 Å². The van der Waals surface area contributed by atoms with Crippen LogP contribution >= 0.6 is 11.6 Å². The van der Waals surface area contributed by atoms with E-state index in [1.165, 1.54) is 5.56 Å². The smallest absolute Gasteiger partial charge is 0.256 e. The van der Waals surface area contributed by atoms with E-state index in [0.717, 1.165) is 11.1 Å². The molecule has 2 heterocycles. The van der Waals surface area contributed by atoms with E-state index in [2.05, 4.69) is 13.0 Å². The lowest BCUT2D eigenvalue weighted by atomic mass is 9.85. The summed E-state index contributed by atoms with van der Waals surface area (Å²) >= 11 is 6.10. The molecular formula is C16H13ClO3. The predicted octanol–water partition coefficient (Wildman–Crippen LogP) is 3.96. The van der Waals surface area contributed by atoms with E-state index in [1.807, 2.05) is 42.5 Å². The molecule has 0 radical (unpaired) electrons. The van der Waals surface area contributed by atoms with Gasteiger partial charge in [0.1, 0.15) is 0 Å². The van der Waals surface area contributed by atoms with Crippen LogP contribution in [0, 0.1) is 0 Å². The summed E-state index contributed by atoms with van der Waals surface area (Å²) in [6, 6.07) is 15.6. The van der Waals surface area contributed by atoms with E-state index < -0.39 is 12.1 Å². The molecule has 2 aliphatic heterocycles. The van der Waals surface area contributed by atoms with E-state index in [-0.39, 0.29) is 5.92 Å². The number of rotatable bonds is 1. The molecular weight excluding hydrogens is 276 g/mol. The van der Waals surface area contributed by atoms with E-state index in [0.29, 0.717) is 5.02 Å². The van der Waals surface area contributed by atoms with Gasteiger partial charge in [-0.3, -0.25) is 0 Å². The largest absolute Gasteiger partial charge is 0.307 e. The number of benzene rings is 2. The fraction of sp³-hybridized carbons (Fsp3) is 0.250. The predicted molar refractivity (Wildman–Crippen MR) is 74.1 cm³/mol. The van der Waals surface area contributed by atoms with Gasteiger partial charge in [-0.15, -0.1) is 0 Å². The van der Waals surface area contributed by atoms with Crippen molar-refractivity contribution in [3.8, 4) is 0 Å². The average Bonchev–Trinajstić information content (AvgIpc) is 2.88. The van der Waals surface area contributed by atoms with Crippen molar-refractivity contribution in [3.63, 3.8) is 0 Å². The number of halogens is 1. The lowest BCUT2D eigenvalue weighted by molar-refractivity contribution is -0.321. The molecule has 0 N–H and O–H groups in total. The van der Waals surface area contributed by atoms with Crippen LogP contribution in [0.2, 0.25) is 5.02 Å². The zero-order valence-electron chi connectivity index (χ0n) is 10.9. The summed E-state index contributed by atoms with van der Waals surface area (Å²) < 4.78 is 6.06. The van der Waals surface area contributed by atoms with Gasteiger partial charge in [-0.1, -0.05) is 54.9 Å². The standard InChI is InChI=1S/C16H13ClO3/c1-10-13-7-2-3-8-14(13)16(18-15(10)19-20-16)11-5-4-6-12(17)9-11/h2-10,15H,1H3/t10?,15-,16+/m0/s1. The van der Waals surface area contributed by atoms with Crippen LogP contribution in [0.1, 0.15) is 29.5 Å². The molecule has 3 nitrogen and oxygen atoms in total. The van der Waals surface area contributed by atoms with Crippen molar-refractivity contribution >= 4 is 11.6 Å². The third kappa shape index (κ3) is 1.58. The molecule has 102 valence electrons. The minimum absolute atomic E-state index is 0.126. The van der Waals surface area contributed by atoms with Gasteiger partial charge < -0.3 is 4.74 Å². The third-order valence-corrected chi connectivity index (χ3v) is 4.20. The Labute approximate surface area is 122 Å². The minimum Gasteiger partial charge on any atom is -0.307 e. The summed E-state index contributed by atoms with van der Waals surface area (Å²) in [6.45, 7) is 2.07. The maximum atomic E-state index is 6.10. The van der Waals surface area contributed by atoms with Gasteiger partial charge in [0.05, 0.1) is 0 Å². The Hall–Kier alpha value is -1.39. The fourth-order valence-electron chi connectivity index (χ4n) is 2.92. The van der Waals surface area contributed by atoms with Crippen LogP contribution in [0.25, 0.3) is 0 Å². The summed E-state index contributed by atoms with van der Waals surface area (Å²) in [5, 5.41) is 0.642. The van der Waals surface area contributed by atoms with Gasteiger partial charge in [0.15, 0.2) is 0 Å². The molecule has 4 rings (SSSR count). The van der Waals surface area contributed by atoms with Crippen LogP contribution in [-0.2, 0) is 20.3 Å². The molecule has 0 aliphatic carbocycles. The normalized spacial score (nSPS) is 31.1. The molecule has 1 unspecified atom stereocenters. The second-order valence-corrected chi connectivity index (χ2v) is 5.61. The van der Waals surface area contributed by atoms with Crippen LogP contribution in [0.4, 0.5) is 0 Å².